The lowest BCUT2D eigenvalue weighted by molar-refractivity contribution is 0.186. The van der Waals surface area contributed by atoms with Gasteiger partial charge < -0.3 is 14.6 Å². The van der Waals surface area contributed by atoms with E-state index in [9.17, 15) is 0 Å². The SMILES string of the molecule is CCCO[Si](Cl)(CCCN)OCCC. The molecule has 0 aliphatic heterocycles. The molecule has 0 aromatic rings. The fourth-order valence-corrected chi connectivity index (χ4v) is 3.89. The third-order valence-electron chi connectivity index (χ3n) is 1.72. The molecule has 86 valence electrons. The molecule has 5 heteroatoms. The molecule has 0 unspecified atom stereocenters. The first-order valence-electron chi connectivity index (χ1n) is 5.35. The highest BCUT2D eigenvalue weighted by Gasteiger charge is 2.34. The Hall–Kier alpha value is 0.387. The molecular formula is C9H22ClNO2Si. The monoisotopic (exact) mass is 239 g/mol. The van der Waals surface area contributed by atoms with Crippen molar-refractivity contribution >= 4 is 18.9 Å². The van der Waals surface area contributed by atoms with Crippen LogP contribution in [-0.4, -0.2) is 27.6 Å². The topological polar surface area (TPSA) is 44.5 Å². The minimum Gasteiger partial charge on any atom is -0.383 e. The Balaban J connectivity index is 3.89. The van der Waals surface area contributed by atoms with Crippen LogP contribution in [0.1, 0.15) is 33.1 Å². The van der Waals surface area contributed by atoms with Crippen LogP contribution < -0.4 is 5.73 Å². The molecule has 0 radical (unpaired) electrons. The number of rotatable bonds is 9. The van der Waals surface area contributed by atoms with Crippen LogP contribution in [0.3, 0.4) is 0 Å². The van der Waals surface area contributed by atoms with Crippen LogP contribution in [0.15, 0.2) is 0 Å². The molecule has 0 saturated heterocycles. The summed E-state index contributed by atoms with van der Waals surface area (Å²) >= 11 is 6.31. The number of hydrogen-bond donors (Lipinski definition) is 1. The first kappa shape index (κ1) is 14.4. The summed E-state index contributed by atoms with van der Waals surface area (Å²) in [5, 5.41) is 0. The Morgan fingerprint density at radius 2 is 1.64 bits per heavy atom. The maximum absolute atomic E-state index is 6.31. The van der Waals surface area contributed by atoms with E-state index in [1.807, 2.05) is 0 Å². The summed E-state index contributed by atoms with van der Waals surface area (Å²) in [6, 6.07) is 0.783. The van der Waals surface area contributed by atoms with Gasteiger partial charge in [-0.3, -0.25) is 0 Å². The smallest absolute Gasteiger partial charge is 0.383 e. The predicted molar refractivity (Wildman–Crippen MR) is 62.6 cm³/mol. The van der Waals surface area contributed by atoms with Gasteiger partial charge in [0.15, 0.2) is 0 Å². The van der Waals surface area contributed by atoms with Gasteiger partial charge in [0, 0.05) is 19.3 Å². The Kier molecular flexibility index (Phi) is 8.92. The van der Waals surface area contributed by atoms with Gasteiger partial charge in [0.1, 0.15) is 0 Å². The maximum Gasteiger partial charge on any atom is 0.443 e. The van der Waals surface area contributed by atoms with Crippen molar-refractivity contribution in [3.05, 3.63) is 0 Å². The third kappa shape index (κ3) is 6.78. The molecule has 3 nitrogen and oxygen atoms in total. The van der Waals surface area contributed by atoms with Crippen LogP contribution in [0, 0.1) is 0 Å². The molecule has 2 N–H and O–H groups in total. The summed E-state index contributed by atoms with van der Waals surface area (Å²) in [6.45, 7) is 6.14. The van der Waals surface area contributed by atoms with Crippen molar-refractivity contribution in [2.45, 2.75) is 39.2 Å². The molecule has 0 aromatic carbocycles. The first-order valence-corrected chi connectivity index (χ1v) is 8.39. The van der Waals surface area contributed by atoms with Crippen LogP contribution in [0.25, 0.3) is 0 Å². The minimum atomic E-state index is -2.42. The van der Waals surface area contributed by atoms with Crippen LogP contribution in [0.5, 0.6) is 0 Å². The maximum atomic E-state index is 6.31. The molecule has 0 saturated carbocycles. The fraction of sp³-hybridized carbons (Fsp3) is 1.00. The van der Waals surface area contributed by atoms with Gasteiger partial charge in [-0.05, 0) is 25.8 Å². The van der Waals surface area contributed by atoms with Crippen molar-refractivity contribution in [3.63, 3.8) is 0 Å². The lowest BCUT2D eigenvalue weighted by Crippen LogP contribution is -2.37. The van der Waals surface area contributed by atoms with Gasteiger partial charge >= 0.3 is 7.87 Å². The van der Waals surface area contributed by atoms with Gasteiger partial charge in [0.2, 0.25) is 0 Å². The molecule has 0 heterocycles. The van der Waals surface area contributed by atoms with Gasteiger partial charge in [-0.1, -0.05) is 24.9 Å². The van der Waals surface area contributed by atoms with Crippen molar-refractivity contribution in [1.29, 1.82) is 0 Å². The molecule has 0 bridgehead atoms. The van der Waals surface area contributed by atoms with Gasteiger partial charge in [0.05, 0.1) is 0 Å². The number of halogens is 1. The molecule has 0 atom stereocenters. The van der Waals surface area contributed by atoms with E-state index in [1.165, 1.54) is 0 Å². The van der Waals surface area contributed by atoms with Crippen LogP contribution in [-0.2, 0) is 8.85 Å². The summed E-state index contributed by atoms with van der Waals surface area (Å²) < 4.78 is 11.2. The van der Waals surface area contributed by atoms with Crippen LogP contribution >= 0.6 is 11.1 Å². The van der Waals surface area contributed by atoms with E-state index in [1.54, 1.807) is 0 Å². The van der Waals surface area contributed by atoms with Crippen molar-refractivity contribution in [2.24, 2.45) is 5.73 Å². The fourth-order valence-electron chi connectivity index (χ4n) is 1.01. The van der Waals surface area contributed by atoms with Crippen LogP contribution in [0.4, 0.5) is 0 Å². The van der Waals surface area contributed by atoms with E-state index in [-0.39, 0.29) is 0 Å². The second-order valence-corrected chi connectivity index (χ2v) is 7.37. The van der Waals surface area contributed by atoms with E-state index in [4.69, 9.17) is 25.7 Å². The molecule has 0 aromatic heterocycles. The van der Waals surface area contributed by atoms with Crippen molar-refractivity contribution in [3.8, 4) is 0 Å². The van der Waals surface area contributed by atoms with Gasteiger partial charge in [-0.2, -0.15) is 0 Å². The number of hydrogen-bond acceptors (Lipinski definition) is 3. The second-order valence-electron chi connectivity index (χ2n) is 3.25. The highest BCUT2D eigenvalue weighted by atomic mass is 35.6. The standard InChI is InChI=1S/C9H22ClNO2Si/c1-3-7-12-14(10,9-5-6-11)13-8-4-2/h3-9,11H2,1-2H3. The zero-order valence-corrected chi connectivity index (χ0v) is 11.0. The molecule has 0 fully saturated rings. The van der Waals surface area contributed by atoms with E-state index >= 15 is 0 Å². The Labute approximate surface area is 92.9 Å². The highest BCUT2D eigenvalue weighted by Crippen LogP contribution is 2.21. The van der Waals surface area contributed by atoms with Crippen molar-refractivity contribution < 1.29 is 8.85 Å². The second kappa shape index (κ2) is 8.68. The van der Waals surface area contributed by atoms with E-state index < -0.39 is 7.87 Å². The van der Waals surface area contributed by atoms with Crippen molar-refractivity contribution in [1.82, 2.24) is 0 Å². The van der Waals surface area contributed by atoms with E-state index in [0.29, 0.717) is 19.8 Å². The molecule has 0 spiro atoms. The van der Waals surface area contributed by atoms with Gasteiger partial charge in [-0.15, -0.1) is 0 Å². The Morgan fingerprint density at radius 3 is 2.00 bits per heavy atom. The Morgan fingerprint density at radius 1 is 1.14 bits per heavy atom. The summed E-state index contributed by atoms with van der Waals surface area (Å²) in [7, 11) is -2.42. The lowest BCUT2D eigenvalue weighted by atomic mass is 10.5. The first-order chi connectivity index (χ1) is 6.68. The summed E-state index contributed by atoms with van der Waals surface area (Å²) in [5.74, 6) is 0. The minimum absolute atomic E-state index is 0.645. The van der Waals surface area contributed by atoms with Crippen LogP contribution in [0.2, 0.25) is 6.04 Å². The molecule has 0 aliphatic rings. The van der Waals surface area contributed by atoms with Gasteiger partial charge in [0.25, 0.3) is 0 Å². The molecule has 0 amide bonds. The molecule has 0 rings (SSSR count). The predicted octanol–water partition coefficient (Wildman–Crippen LogP) is 2.37. The largest absolute Gasteiger partial charge is 0.443 e. The highest BCUT2D eigenvalue weighted by molar-refractivity contribution is 7.12. The summed E-state index contributed by atoms with van der Waals surface area (Å²) in [6.07, 6.45) is 2.82. The average molecular weight is 240 g/mol. The molecular weight excluding hydrogens is 218 g/mol. The van der Waals surface area contributed by atoms with E-state index in [0.717, 1.165) is 25.3 Å². The summed E-state index contributed by atoms with van der Waals surface area (Å²) in [5.41, 5.74) is 5.45. The zero-order chi connectivity index (χ0) is 10.9. The molecule has 0 aliphatic carbocycles. The van der Waals surface area contributed by atoms with E-state index in [2.05, 4.69) is 13.8 Å². The average Bonchev–Trinajstić information content (AvgIpc) is 2.21. The van der Waals surface area contributed by atoms with Crippen molar-refractivity contribution in [2.75, 3.05) is 19.8 Å². The number of nitrogens with two attached hydrogens (primary N) is 1. The Bertz CT molecular complexity index is 116. The quantitative estimate of drug-likeness (QED) is 0.496. The summed E-state index contributed by atoms with van der Waals surface area (Å²) in [4.78, 5) is 0. The van der Waals surface area contributed by atoms with Gasteiger partial charge in [-0.25, -0.2) is 0 Å². The third-order valence-corrected chi connectivity index (χ3v) is 5.17. The normalized spacial score (nSPS) is 12.0. The lowest BCUT2D eigenvalue weighted by Gasteiger charge is -2.23. The molecule has 14 heavy (non-hydrogen) atoms. The zero-order valence-electron chi connectivity index (χ0n) is 9.22.